The smallest absolute Gasteiger partial charge is 0.153 e. The molecule has 0 aliphatic rings. The highest BCUT2D eigenvalue weighted by molar-refractivity contribution is 6.00. The van der Waals surface area contributed by atoms with Crippen LogP contribution in [0.1, 0.15) is 0 Å². The minimum atomic E-state index is 0.481. The number of aromatic nitrogens is 3. The maximum atomic E-state index is 5.85. The van der Waals surface area contributed by atoms with Gasteiger partial charge in [0, 0.05) is 17.4 Å². The second-order valence-corrected chi connectivity index (χ2v) is 3.84. The number of hydrogen-bond donors (Lipinski definition) is 3. The minimum absolute atomic E-state index is 0.481. The quantitative estimate of drug-likeness (QED) is 0.550. The summed E-state index contributed by atoms with van der Waals surface area (Å²) < 4.78 is 0. The van der Waals surface area contributed by atoms with Crippen molar-refractivity contribution in [3.63, 3.8) is 0 Å². The van der Waals surface area contributed by atoms with Gasteiger partial charge in [-0.2, -0.15) is 5.10 Å². The van der Waals surface area contributed by atoms with Gasteiger partial charge in [0.15, 0.2) is 5.82 Å². The fraction of sp³-hybridized carbons (Fsp3) is 0. The Kier molecular flexibility index (Phi) is 1.98. The van der Waals surface area contributed by atoms with Crippen LogP contribution in [0.5, 0.6) is 0 Å². The van der Waals surface area contributed by atoms with Crippen LogP contribution in [0.2, 0.25) is 0 Å². The number of H-pyrrole nitrogens is 1. The van der Waals surface area contributed by atoms with Gasteiger partial charge in [0.25, 0.3) is 0 Å². The molecule has 2 aromatic heterocycles. The zero-order valence-corrected chi connectivity index (χ0v) is 9.01. The number of nitrogen functional groups attached to an aromatic ring is 2. The SMILES string of the molecule is Nc1ccc(-c2cncc3[nH]nc(N)c23)cc1. The Labute approximate surface area is 97.5 Å². The number of hydrogen-bond acceptors (Lipinski definition) is 4. The van der Waals surface area contributed by atoms with Crippen LogP contribution in [-0.4, -0.2) is 15.2 Å². The largest absolute Gasteiger partial charge is 0.399 e. The summed E-state index contributed by atoms with van der Waals surface area (Å²) in [5.74, 6) is 0.481. The van der Waals surface area contributed by atoms with Crippen molar-refractivity contribution in [3.05, 3.63) is 36.7 Å². The van der Waals surface area contributed by atoms with Gasteiger partial charge in [-0.25, -0.2) is 0 Å². The van der Waals surface area contributed by atoms with Gasteiger partial charge in [0.1, 0.15) is 0 Å². The summed E-state index contributed by atoms with van der Waals surface area (Å²) >= 11 is 0. The van der Waals surface area contributed by atoms with E-state index < -0.39 is 0 Å². The molecule has 84 valence electrons. The Morgan fingerprint density at radius 3 is 2.53 bits per heavy atom. The Hall–Kier alpha value is -2.56. The molecule has 0 saturated carbocycles. The van der Waals surface area contributed by atoms with E-state index >= 15 is 0 Å². The molecule has 3 aromatic rings. The van der Waals surface area contributed by atoms with Crippen LogP contribution < -0.4 is 11.5 Å². The van der Waals surface area contributed by atoms with Crippen LogP contribution in [0.25, 0.3) is 22.0 Å². The molecule has 0 fully saturated rings. The zero-order valence-electron chi connectivity index (χ0n) is 9.01. The summed E-state index contributed by atoms with van der Waals surface area (Å²) in [6.07, 6.45) is 3.49. The van der Waals surface area contributed by atoms with Crippen molar-refractivity contribution in [1.29, 1.82) is 0 Å². The maximum absolute atomic E-state index is 5.85. The molecule has 0 spiro atoms. The maximum Gasteiger partial charge on any atom is 0.153 e. The molecule has 0 bridgehead atoms. The first-order chi connectivity index (χ1) is 8.25. The third-order valence-electron chi connectivity index (χ3n) is 2.72. The number of nitrogens with zero attached hydrogens (tertiary/aromatic N) is 2. The van der Waals surface area contributed by atoms with Gasteiger partial charge in [-0.3, -0.25) is 10.1 Å². The Bertz CT molecular complexity index is 669. The van der Waals surface area contributed by atoms with Gasteiger partial charge in [0.05, 0.1) is 17.1 Å². The van der Waals surface area contributed by atoms with Crippen molar-refractivity contribution in [3.8, 4) is 11.1 Å². The molecule has 5 nitrogen and oxygen atoms in total. The number of nitrogens with two attached hydrogens (primary N) is 2. The van der Waals surface area contributed by atoms with Crippen molar-refractivity contribution in [2.75, 3.05) is 11.5 Å². The first kappa shape index (κ1) is 9.65. The average molecular weight is 225 g/mol. The van der Waals surface area contributed by atoms with E-state index in [1.54, 1.807) is 12.4 Å². The lowest BCUT2D eigenvalue weighted by atomic mass is 10.0. The second kappa shape index (κ2) is 3.48. The van der Waals surface area contributed by atoms with E-state index in [1.807, 2.05) is 24.3 Å². The highest BCUT2D eigenvalue weighted by Crippen LogP contribution is 2.30. The lowest BCUT2D eigenvalue weighted by molar-refractivity contribution is 1.12. The van der Waals surface area contributed by atoms with Crippen LogP contribution >= 0.6 is 0 Å². The summed E-state index contributed by atoms with van der Waals surface area (Å²) in [6.45, 7) is 0. The molecule has 0 atom stereocenters. The lowest BCUT2D eigenvalue weighted by Gasteiger charge is -2.03. The average Bonchev–Trinajstić information content (AvgIpc) is 2.73. The summed E-state index contributed by atoms with van der Waals surface area (Å²) in [7, 11) is 0. The topological polar surface area (TPSA) is 93.6 Å². The van der Waals surface area contributed by atoms with Crippen molar-refractivity contribution in [2.24, 2.45) is 0 Å². The number of anilines is 2. The van der Waals surface area contributed by atoms with Crippen LogP contribution in [0, 0.1) is 0 Å². The van der Waals surface area contributed by atoms with E-state index in [0.717, 1.165) is 27.7 Å². The molecule has 3 rings (SSSR count). The molecule has 0 saturated heterocycles. The molecule has 0 aliphatic carbocycles. The molecule has 0 unspecified atom stereocenters. The lowest BCUT2D eigenvalue weighted by Crippen LogP contribution is -1.88. The van der Waals surface area contributed by atoms with E-state index in [1.165, 1.54) is 0 Å². The van der Waals surface area contributed by atoms with Gasteiger partial charge in [-0.15, -0.1) is 0 Å². The third-order valence-corrected chi connectivity index (χ3v) is 2.72. The predicted molar refractivity (Wildman–Crippen MR) is 68.1 cm³/mol. The first-order valence-electron chi connectivity index (χ1n) is 5.19. The number of rotatable bonds is 1. The van der Waals surface area contributed by atoms with Crippen molar-refractivity contribution < 1.29 is 0 Å². The van der Waals surface area contributed by atoms with Crippen molar-refractivity contribution in [1.82, 2.24) is 15.2 Å². The molecule has 0 amide bonds. The minimum Gasteiger partial charge on any atom is -0.399 e. The van der Waals surface area contributed by atoms with Crippen LogP contribution in [0.15, 0.2) is 36.7 Å². The van der Waals surface area contributed by atoms with E-state index in [-0.39, 0.29) is 0 Å². The van der Waals surface area contributed by atoms with Gasteiger partial charge in [-0.1, -0.05) is 12.1 Å². The zero-order chi connectivity index (χ0) is 11.8. The Morgan fingerprint density at radius 2 is 1.76 bits per heavy atom. The molecule has 2 heterocycles. The summed E-state index contributed by atoms with van der Waals surface area (Å²) in [5, 5.41) is 7.73. The normalized spacial score (nSPS) is 10.8. The molecular weight excluding hydrogens is 214 g/mol. The van der Waals surface area contributed by atoms with Gasteiger partial charge in [-0.05, 0) is 17.7 Å². The van der Waals surface area contributed by atoms with Gasteiger partial charge in [0.2, 0.25) is 0 Å². The van der Waals surface area contributed by atoms with Crippen molar-refractivity contribution in [2.45, 2.75) is 0 Å². The fourth-order valence-electron chi connectivity index (χ4n) is 1.88. The number of benzene rings is 1. The molecule has 0 radical (unpaired) electrons. The molecule has 5 N–H and O–H groups in total. The third kappa shape index (κ3) is 1.48. The molecule has 17 heavy (non-hydrogen) atoms. The summed E-state index contributed by atoms with van der Waals surface area (Å²) in [6, 6.07) is 7.59. The Balaban J connectivity index is 2.29. The highest BCUT2D eigenvalue weighted by Gasteiger charge is 2.09. The van der Waals surface area contributed by atoms with Gasteiger partial charge >= 0.3 is 0 Å². The fourth-order valence-corrected chi connectivity index (χ4v) is 1.88. The number of pyridine rings is 1. The van der Waals surface area contributed by atoms with E-state index in [0.29, 0.717) is 5.82 Å². The summed E-state index contributed by atoms with van der Waals surface area (Å²) in [4.78, 5) is 4.17. The second-order valence-electron chi connectivity index (χ2n) is 3.84. The van der Waals surface area contributed by atoms with E-state index in [4.69, 9.17) is 11.5 Å². The standard InChI is InChI=1S/C12H11N5/c13-8-3-1-7(2-4-8)9-5-15-6-10-11(9)12(14)17-16-10/h1-6H,13H2,(H3,14,16,17). The van der Waals surface area contributed by atoms with Crippen molar-refractivity contribution >= 4 is 22.4 Å². The van der Waals surface area contributed by atoms with Gasteiger partial charge < -0.3 is 11.5 Å². The number of aromatic amines is 1. The van der Waals surface area contributed by atoms with Crippen LogP contribution in [0.4, 0.5) is 11.5 Å². The summed E-state index contributed by atoms with van der Waals surface area (Å²) in [5.41, 5.74) is 15.1. The van der Waals surface area contributed by atoms with Crippen LogP contribution in [-0.2, 0) is 0 Å². The highest BCUT2D eigenvalue weighted by atomic mass is 15.2. The molecule has 1 aromatic carbocycles. The monoisotopic (exact) mass is 225 g/mol. The van der Waals surface area contributed by atoms with E-state index in [9.17, 15) is 0 Å². The molecule has 0 aliphatic heterocycles. The first-order valence-corrected chi connectivity index (χ1v) is 5.19. The molecular formula is C12H11N5. The number of nitrogens with one attached hydrogen (secondary N) is 1. The predicted octanol–water partition coefficient (Wildman–Crippen LogP) is 1.79. The van der Waals surface area contributed by atoms with E-state index in [2.05, 4.69) is 15.2 Å². The Morgan fingerprint density at radius 1 is 1.00 bits per heavy atom. The number of fused-ring (bicyclic) bond motifs is 1. The molecule has 5 heteroatoms. The van der Waals surface area contributed by atoms with Crippen LogP contribution in [0.3, 0.4) is 0 Å².